The molecule has 2 aromatic carbocycles. The third-order valence-corrected chi connectivity index (χ3v) is 3.75. The second-order valence-electron chi connectivity index (χ2n) is 4.02. The number of hydrogen-bond donors (Lipinski definition) is 1. The number of hydrogen-bond acceptors (Lipinski definition) is 1. The minimum Gasteiger partial charge on any atom is -0.388 e. The van der Waals surface area contributed by atoms with Gasteiger partial charge < -0.3 is 5.11 Å². The van der Waals surface area contributed by atoms with Gasteiger partial charge in [-0.15, -0.1) is 0 Å². The van der Waals surface area contributed by atoms with Crippen molar-refractivity contribution in [3.8, 4) is 0 Å². The molecule has 0 aliphatic rings. The lowest BCUT2D eigenvalue weighted by Crippen LogP contribution is -2.02. The van der Waals surface area contributed by atoms with Crippen molar-refractivity contribution < 1.29 is 9.50 Å². The van der Waals surface area contributed by atoms with E-state index in [2.05, 4.69) is 31.9 Å². The van der Waals surface area contributed by atoms with Crippen LogP contribution in [0, 0.1) is 5.82 Å². The fourth-order valence-corrected chi connectivity index (χ4v) is 2.57. The molecule has 1 N–H and O–H groups in total. The lowest BCUT2D eigenvalue weighted by Gasteiger charge is -2.12. The molecule has 1 atom stereocenters. The van der Waals surface area contributed by atoms with Crippen LogP contribution < -0.4 is 0 Å². The molecular formula is C14H11Br2FO. The molecule has 0 fully saturated rings. The molecule has 1 nitrogen and oxygen atoms in total. The first-order valence-electron chi connectivity index (χ1n) is 5.44. The van der Waals surface area contributed by atoms with Crippen molar-refractivity contribution in [3.63, 3.8) is 0 Å². The number of aliphatic hydroxyl groups excluding tert-OH is 1. The monoisotopic (exact) mass is 372 g/mol. The predicted molar refractivity (Wildman–Crippen MR) is 76.9 cm³/mol. The van der Waals surface area contributed by atoms with Crippen LogP contribution in [0.25, 0.3) is 0 Å². The Labute approximate surface area is 122 Å². The molecule has 2 rings (SSSR count). The molecule has 0 saturated heterocycles. The fraction of sp³-hybridized carbons (Fsp3) is 0.143. The van der Waals surface area contributed by atoms with E-state index < -0.39 is 6.10 Å². The Balaban J connectivity index is 2.16. The highest BCUT2D eigenvalue weighted by molar-refractivity contribution is 9.10. The lowest BCUT2D eigenvalue weighted by molar-refractivity contribution is 0.178. The first-order chi connectivity index (χ1) is 8.56. The molecule has 94 valence electrons. The first kappa shape index (κ1) is 13.7. The van der Waals surface area contributed by atoms with Crippen molar-refractivity contribution in [1.82, 2.24) is 0 Å². The minimum absolute atomic E-state index is 0.326. The van der Waals surface area contributed by atoms with E-state index in [0.29, 0.717) is 16.5 Å². The maximum Gasteiger partial charge on any atom is 0.137 e. The Kier molecular flexibility index (Phi) is 4.54. The third-order valence-electron chi connectivity index (χ3n) is 2.65. The molecular weight excluding hydrogens is 363 g/mol. The summed E-state index contributed by atoms with van der Waals surface area (Å²) >= 11 is 6.51. The van der Waals surface area contributed by atoms with E-state index in [4.69, 9.17) is 0 Å². The number of rotatable bonds is 3. The van der Waals surface area contributed by atoms with Crippen LogP contribution in [0.15, 0.2) is 51.4 Å². The van der Waals surface area contributed by atoms with Crippen molar-refractivity contribution in [2.75, 3.05) is 0 Å². The van der Waals surface area contributed by atoms with Gasteiger partial charge in [-0.25, -0.2) is 4.39 Å². The standard InChI is InChI=1S/C14H11Br2FO/c15-11-3-1-2-9(6-11)7-14(18)10-4-5-13(17)12(16)8-10/h1-6,8,14,18H,7H2. The highest BCUT2D eigenvalue weighted by Gasteiger charge is 2.10. The average molecular weight is 374 g/mol. The van der Waals surface area contributed by atoms with Crippen molar-refractivity contribution in [1.29, 1.82) is 0 Å². The van der Waals surface area contributed by atoms with Gasteiger partial charge in [-0.2, -0.15) is 0 Å². The second kappa shape index (κ2) is 5.95. The zero-order valence-electron chi connectivity index (χ0n) is 9.41. The molecule has 0 radical (unpaired) electrons. The van der Waals surface area contributed by atoms with Gasteiger partial charge in [0.15, 0.2) is 0 Å². The molecule has 4 heteroatoms. The van der Waals surface area contributed by atoms with Crippen LogP contribution in [0.3, 0.4) is 0 Å². The van der Waals surface area contributed by atoms with Gasteiger partial charge in [0.25, 0.3) is 0 Å². The van der Waals surface area contributed by atoms with E-state index in [0.717, 1.165) is 10.0 Å². The Bertz CT molecular complexity index is 557. The molecule has 0 heterocycles. The highest BCUT2D eigenvalue weighted by Crippen LogP contribution is 2.24. The smallest absolute Gasteiger partial charge is 0.137 e. The van der Waals surface area contributed by atoms with Gasteiger partial charge in [0, 0.05) is 10.9 Å². The average Bonchev–Trinajstić information content (AvgIpc) is 2.32. The fourth-order valence-electron chi connectivity index (χ4n) is 1.72. The maximum absolute atomic E-state index is 13.1. The maximum atomic E-state index is 13.1. The van der Waals surface area contributed by atoms with Gasteiger partial charge in [-0.1, -0.05) is 34.1 Å². The quantitative estimate of drug-likeness (QED) is 0.831. The van der Waals surface area contributed by atoms with Crippen LogP contribution in [0.5, 0.6) is 0 Å². The molecule has 0 aliphatic carbocycles. The van der Waals surface area contributed by atoms with Gasteiger partial charge in [0.05, 0.1) is 10.6 Å². The van der Waals surface area contributed by atoms with Crippen LogP contribution in [0.2, 0.25) is 0 Å². The number of benzene rings is 2. The summed E-state index contributed by atoms with van der Waals surface area (Å²) in [5.74, 6) is -0.326. The summed E-state index contributed by atoms with van der Waals surface area (Å²) < 4.78 is 14.5. The van der Waals surface area contributed by atoms with E-state index in [1.807, 2.05) is 24.3 Å². The van der Waals surface area contributed by atoms with Crippen molar-refractivity contribution in [3.05, 3.63) is 68.4 Å². The predicted octanol–water partition coefficient (Wildman–Crippen LogP) is 4.63. The van der Waals surface area contributed by atoms with E-state index in [1.165, 1.54) is 6.07 Å². The summed E-state index contributed by atoms with van der Waals surface area (Å²) in [4.78, 5) is 0. The van der Waals surface area contributed by atoms with Crippen LogP contribution in [0.4, 0.5) is 4.39 Å². The van der Waals surface area contributed by atoms with Gasteiger partial charge in [-0.3, -0.25) is 0 Å². The number of aliphatic hydroxyl groups is 1. The summed E-state index contributed by atoms with van der Waals surface area (Å²) in [5.41, 5.74) is 1.72. The van der Waals surface area contributed by atoms with Crippen LogP contribution in [-0.4, -0.2) is 5.11 Å². The Morgan fingerprint density at radius 1 is 1.11 bits per heavy atom. The first-order valence-corrected chi connectivity index (χ1v) is 7.02. The minimum atomic E-state index is -0.642. The van der Waals surface area contributed by atoms with E-state index >= 15 is 0 Å². The summed E-state index contributed by atoms with van der Waals surface area (Å²) in [6.45, 7) is 0. The van der Waals surface area contributed by atoms with Gasteiger partial charge in [0.1, 0.15) is 5.82 Å². The van der Waals surface area contributed by atoms with Crippen molar-refractivity contribution >= 4 is 31.9 Å². The van der Waals surface area contributed by atoms with Crippen LogP contribution >= 0.6 is 31.9 Å². The highest BCUT2D eigenvalue weighted by atomic mass is 79.9. The van der Waals surface area contributed by atoms with Gasteiger partial charge in [0.2, 0.25) is 0 Å². The zero-order valence-corrected chi connectivity index (χ0v) is 12.6. The summed E-state index contributed by atoms with van der Waals surface area (Å²) in [6, 6.07) is 12.3. The Morgan fingerprint density at radius 3 is 2.56 bits per heavy atom. The zero-order chi connectivity index (χ0) is 13.1. The SMILES string of the molecule is OC(Cc1cccc(Br)c1)c1ccc(F)c(Br)c1. The van der Waals surface area contributed by atoms with E-state index in [-0.39, 0.29) is 5.82 Å². The Morgan fingerprint density at radius 2 is 1.89 bits per heavy atom. The summed E-state index contributed by atoms with van der Waals surface area (Å²) in [6.07, 6.45) is -0.145. The van der Waals surface area contributed by atoms with Gasteiger partial charge in [-0.05, 0) is 51.3 Å². The largest absolute Gasteiger partial charge is 0.388 e. The Hall–Kier alpha value is -0.710. The van der Waals surface area contributed by atoms with Gasteiger partial charge >= 0.3 is 0 Å². The van der Waals surface area contributed by atoms with Crippen LogP contribution in [-0.2, 0) is 6.42 Å². The molecule has 0 saturated carbocycles. The third kappa shape index (κ3) is 3.40. The summed E-state index contributed by atoms with van der Waals surface area (Å²) in [5, 5.41) is 10.1. The normalized spacial score (nSPS) is 12.4. The molecule has 18 heavy (non-hydrogen) atoms. The second-order valence-corrected chi connectivity index (χ2v) is 5.79. The summed E-state index contributed by atoms with van der Waals surface area (Å²) in [7, 11) is 0. The van der Waals surface area contributed by atoms with E-state index in [1.54, 1.807) is 12.1 Å². The lowest BCUT2D eigenvalue weighted by atomic mass is 10.0. The topological polar surface area (TPSA) is 20.2 Å². The molecule has 0 aromatic heterocycles. The molecule has 0 spiro atoms. The van der Waals surface area contributed by atoms with Crippen molar-refractivity contribution in [2.24, 2.45) is 0 Å². The molecule has 0 amide bonds. The van der Waals surface area contributed by atoms with Crippen LogP contribution in [0.1, 0.15) is 17.2 Å². The molecule has 0 aliphatic heterocycles. The van der Waals surface area contributed by atoms with Crippen molar-refractivity contribution in [2.45, 2.75) is 12.5 Å². The molecule has 1 unspecified atom stereocenters. The molecule has 0 bridgehead atoms. The van der Waals surface area contributed by atoms with E-state index in [9.17, 15) is 9.50 Å². The number of halogens is 3. The molecule has 2 aromatic rings.